The lowest BCUT2D eigenvalue weighted by Crippen LogP contribution is -2.30. The van der Waals surface area contributed by atoms with Gasteiger partial charge in [0.1, 0.15) is 17.4 Å². The Morgan fingerprint density at radius 3 is 2.73 bits per heavy atom. The van der Waals surface area contributed by atoms with E-state index in [1.54, 1.807) is 24.3 Å². The fraction of sp³-hybridized carbons (Fsp3) is 0.130. The number of nitrogens with zero attached hydrogens (tertiary/aromatic N) is 1. The second-order valence-corrected chi connectivity index (χ2v) is 8.07. The van der Waals surface area contributed by atoms with Crippen LogP contribution in [-0.4, -0.2) is 21.7 Å². The van der Waals surface area contributed by atoms with Gasteiger partial charge in [0.25, 0.3) is 5.91 Å². The molecule has 0 aliphatic carbocycles. The van der Waals surface area contributed by atoms with Crippen molar-refractivity contribution in [2.45, 2.75) is 19.5 Å². The van der Waals surface area contributed by atoms with E-state index in [-0.39, 0.29) is 17.9 Å². The average Bonchev–Trinajstić information content (AvgIpc) is 3.52. The van der Waals surface area contributed by atoms with Crippen LogP contribution in [0, 0.1) is 6.92 Å². The number of hydrogen-bond donors (Lipinski definition) is 1. The molecule has 0 fully saturated rings. The number of thiophene rings is 1. The Balaban J connectivity index is 1.61. The van der Waals surface area contributed by atoms with Gasteiger partial charge in [0, 0.05) is 10.3 Å². The fourth-order valence-electron chi connectivity index (χ4n) is 3.78. The van der Waals surface area contributed by atoms with E-state index >= 15 is 0 Å². The first-order valence-electron chi connectivity index (χ1n) is 9.38. The number of ketones is 1. The average molecular weight is 419 g/mol. The summed E-state index contributed by atoms with van der Waals surface area (Å²) in [4.78, 5) is 28.7. The Hall–Kier alpha value is -3.58. The summed E-state index contributed by atoms with van der Waals surface area (Å²) in [6.07, 6.45) is 1.52. The van der Waals surface area contributed by atoms with Crippen molar-refractivity contribution < 1.29 is 23.5 Å². The standard InChI is InChI=1S/C23H17NO5S/c1-13-8-10-30-22(13)19-18(20(25)17-11-14-5-2-3-7-16(14)29-17)21(26)23(27)24(19)12-15-6-4-9-28-15/h2-11,19,26H,12H2,1H3. The minimum atomic E-state index is -0.719. The molecular formula is C23H17NO5S. The maximum Gasteiger partial charge on any atom is 0.290 e. The normalized spacial score (nSPS) is 16.8. The second kappa shape index (κ2) is 7.03. The van der Waals surface area contributed by atoms with Crippen LogP contribution in [0.5, 0.6) is 0 Å². The highest BCUT2D eigenvalue weighted by Crippen LogP contribution is 2.43. The molecule has 1 unspecified atom stereocenters. The number of para-hydroxylation sites is 1. The predicted molar refractivity (Wildman–Crippen MR) is 111 cm³/mol. The molecule has 0 bridgehead atoms. The Labute approximate surface area is 175 Å². The van der Waals surface area contributed by atoms with Gasteiger partial charge < -0.3 is 18.8 Å². The maximum atomic E-state index is 13.4. The van der Waals surface area contributed by atoms with Crippen LogP contribution in [0.4, 0.5) is 0 Å². The monoisotopic (exact) mass is 419 g/mol. The van der Waals surface area contributed by atoms with Crippen LogP contribution in [0.25, 0.3) is 11.0 Å². The van der Waals surface area contributed by atoms with Crippen LogP contribution in [0.3, 0.4) is 0 Å². The summed E-state index contributed by atoms with van der Waals surface area (Å²) in [6.45, 7) is 2.05. The van der Waals surface area contributed by atoms with Crippen LogP contribution >= 0.6 is 11.3 Å². The number of aliphatic hydroxyl groups excluding tert-OH is 1. The number of Topliss-reactive ketones (excluding diaryl/α,β-unsaturated/α-hetero) is 1. The van der Waals surface area contributed by atoms with Crippen molar-refractivity contribution in [2.24, 2.45) is 0 Å². The number of carbonyl (C=O) groups is 2. The minimum absolute atomic E-state index is 0.0242. The zero-order chi connectivity index (χ0) is 20.8. The van der Waals surface area contributed by atoms with Crippen molar-refractivity contribution in [3.63, 3.8) is 0 Å². The molecule has 0 saturated carbocycles. The summed E-state index contributed by atoms with van der Waals surface area (Å²) in [7, 11) is 0. The molecule has 1 N–H and O–H groups in total. The van der Waals surface area contributed by atoms with E-state index in [2.05, 4.69) is 0 Å². The van der Waals surface area contributed by atoms with E-state index in [1.165, 1.54) is 22.5 Å². The number of aryl methyl sites for hydroxylation is 1. The molecule has 0 saturated heterocycles. The predicted octanol–water partition coefficient (Wildman–Crippen LogP) is 5.17. The molecule has 1 aliphatic rings. The smallest absolute Gasteiger partial charge is 0.290 e. The van der Waals surface area contributed by atoms with Gasteiger partial charge in [-0.25, -0.2) is 0 Å². The number of aliphatic hydroxyl groups is 1. The van der Waals surface area contributed by atoms with Gasteiger partial charge in [-0.3, -0.25) is 9.59 Å². The molecule has 4 aromatic rings. The number of hydrogen-bond acceptors (Lipinski definition) is 6. The van der Waals surface area contributed by atoms with Crippen molar-refractivity contribution in [2.75, 3.05) is 0 Å². The molecule has 30 heavy (non-hydrogen) atoms. The molecule has 1 amide bonds. The summed E-state index contributed by atoms with van der Waals surface area (Å²) >= 11 is 1.44. The fourth-order valence-corrected chi connectivity index (χ4v) is 4.83. The minimum Gasteiger partial charge on any atom is -0.503 e. The van der Waals surface area contributed by atoms with Gasteiger partial charge in [-0.1, -0.05) is 18.2 Å². The summed E-state index contributed by atoms with van der Waals surface area (Å²) in [6, 6.07) is 13.6. The lowest BCUT2D eigenvalue weighted by atomic mass is 9.98. The van der Waals surface area contributed by atoms with Gasteiger partial charge in [0.2, 0.25) is 5.78 Å². The Morgan fingerprint density at radius 2 is 2.03 bits per heavy atom. The van der Waals surface area contributed by atoms with Gasteiger partial charge >= 0.3 is 0 Å². The molecule has 4 heterocycles. The number of furan rings is 2. The summed E-state index contributed by atoms with van der Waals surface area (Å²) in [5.74, 6) is -1.01. The van der Waals surface area contributed by atoms with Crippen LogP contribution in [0.1, 0.15) is 32.8 Å². The first-order chi connectivity index (χ1) is 14.5. The van der Waals surface area contributed by atoms with Crippen LogP contribution < -0.4 is 0 Å². The number of fused-ring (bicyclic) bond motifs is 1. The molecule has 7 heteroatoms. The van der Waals surface area contributed by atoms with E-state index in [4.69, 9.17) is 8.83 Å². The van der Waals surface area contributed by atoms with Crippen molar-refractivity contribution in [1.82, 2.24) is 4.90 Å². The molecule has 150 valence electrons. The number of amides is 1. The third-order valence-electron chi connectivity index (χ3n) is 5.25. The molecule has 3 aromatic heterocycles. The molecule has 1 aliphatic heterocycles. The van der Waals surface area contributed by atoms with Gasteiger partial charge in [-0.2, -0.15) is 0 Å². The highest BCUT2D eigenvalue weighted by atomic mass is 32.1. The first-order valence-corrected chi connectivity index (χ1v) is 10.3. The third-order valence-corrected chi connectivity index (χ3v) is 6.33. The SMILES string of the molecule is Cc1ccsc1C1C(C(=O)c2cc3ccccc3o2)=C(O)C(=O)N1Cc1ccco1. The van der Waals surface area contributed by atoms with Gasteiger partial charge in [0.05, 0.1) is 18.4 Å². The zero-order valence-corrected chi connectivity index (χ0v) is 16.8. The molecule has 1 atom stereocenters. The van der Waals surface area contributed by atoms with Crippen LogP contribution in [0.2, 0.25) is 0 Å². The highest BCUT2D eigenvalue weighted by molar-refractivity contribution is 7.10. The zero-order valence-electron chi connectivity index (χ0n) is 16.0. The Kier molecular flexibility index (Phi) is 4.33. The first kappa shape index (κ1) is 18.4. The quantitative estimate of drug-likeness (QED) is 0.451. The van der Waals surface area contributed by atoms with E-state index < -0.39 is 23.5 Å². The van der Waals surface area contributed by atoms with Gasteiger partial charge in [-0.15, -0.1) is 11.3 Å². The largest absolute Gasteiger partial charge is 0.503 e. The molecule has 0 spiro atoms. The van der Waals surface area contributed by atoms with Crippen LogP contribution in [-0.2, 0) is 11.3 Å². The number of rotatable bonds is 5. The topological polar surface area (TPSA) is 83.9 Å². The molecule has 5 rings (SSSR count). The number of carbonyl (C=O) groups excluding carboxylic acids is 2. The van der Waals surface area contributed by atoms with E-state index in [0.717, 1.165) is 15.8 Å². The molecule has 0 radical (unpaired) electrons. The van der Waals surface area contributed by atoms with Crippen molar-refractivity contribution in [1.29, 1.82) is 0 Å². The third kappa shape index (κ3) is 2.86. The molecular weight excluding hydrogens is 402 g/mol. The van der Waals surface area contributed by atoms with Crippen LogP contribution in [0.15, 0.2) is 80.3 Å². The van der Waals surface area contributed by atoms with Crippen molar-refractivity contribution in [3.05, 3.63) is 93.5 Å². The second-order valence-electron chi connectivity index (χ2n) is 7.12. The van der Waals surface area contributed by atoms with E-state index in [0.29, 0.717) is 11.3 Å². The van der Waals surface area contributed by atoms with E-state index in [1.807, 2.05) is 36.6 Å². The van der Waals surface area contributed by atoms with Gasteiger partial charge in [0.15, 0.2) is 11.5 Å². The highest BCUT2D eigenvalue weighted by Gasteiger charge is 2.45. The summed E-state index contributed by atoms with van der Waals surface area (Å²) < 4.78 is 11.1. The van der Waals surface area contributed by atoms with E-state index in [9.17, 15) is 14.7 Å². The lowest BCUT2D eigenvalue weighted by Gasteiger charge is -2.25. The van der Waals surface area contributed by atoms with Crippen molar-refractivity contribution >= 4 is 34.0 Å². The molecule has 6 nitrogen and oxygen atoms in total. The maximum absolute atomic E-state index is 13.4. The van der Waals surface area contributed by atoms with Gasteiger partial charge in [-0.05, 0) is 48.2 Å². The Bertz CT molecular complexity index is 1260. The number of benzene rings is 1. The summed E-state index contributed by atoms with van der Waals surface area (Å²) in [5, 5.41) is 13.4. The lowest BCUT2D eigenvalue weighted by molar-refractivity contribution is -0.130. The Morgan fingerprint density at radius 1 is 1.20 bits per heavy atom. The summed E-state index contributed by atoms with van der Waals surface area (Å²) in [5.41, 5.74) is 1.53. The van der Waals surface area contributed by atoms with Crippen molar-refractivity contribution in [3.8, 4) is 0 Å². The molecule has 1 aromatic carbocycles.